The van der Waals surface area contributed by atoms with Crippen LogP contribution in [-0.2, 0) is 29.3 Å². The number of amides is 3. The summed E-state index contributed by atoms with van der Waals surface area (Å²) in [5.41, 5.74) is 3.56. The van der Waals surface area contributed by atoms with E-state index >= 15 is 0 Å². The van der Waals surface area contributed by atoms with Crippen LogP contribution in [0.1, 0.15) is 36.0 Å². The van der Waals surface area contributed by atoms with Crippen LogP contribution < -0.4 is 5.32 Å². The van der Waals surface area contributed by atoms with Crippen molar-refractivity contribution in [2.24, 2.45) is 5.92 Å². The van der Waals surface area contributed by atoms with E-state index < -0.39 is 0 Å². The summed E-state index contributed by atoms with van der Waals surface area (Å²) in [6.07, 6.45) is 2.37. The van der Waals surface area contributed by atoms with Crippen molar-refractivity contribution in [3.63, 3.8) is 0 Å². The number of hydrogen-bond donors (Lipinski definition) is 1. The van der Waals surface area contributed by atoms with Crippen LogP contribution in [0.4, 0.5) is 4.79 Å². The van der Waals surface area contributed by atoms with Crippen molar-refractivity contribution < 1.29 is 14.3 Å². The molecule has 2 aliphatic heterocycles. The zero-order valence-corrected chi connectivity index (χ0v) is 15.1. The maximum Gasteiger partial charge on any atom is 0.317 e. The molecule has 0 radical (unpaired) electrons. The quantitative estimate of drug-likeness (QED) is 0.909. The van der Waals surface area contributed by atoms with Gasteiger partial charge in [0.25, 0.3) is 0 Å². The van der Waals surface area contributed by atoms with Crippen LogP contribution in [0, 0.1) is 5.92 Å². The van der Waals surface area contributed by atoms with Gasteiger partial charge in [0.1, 0.15) is 0 Å². The first-order valence-corrected chi connectivity index (χ1v) is 8.94. The molecule has 6 heteroatoms. The van der Waals surface area contributed by atoms with Crippen molar-refractivity contribution >= 4 is 11.9 Å². The molecule has 2 aliphatic rings. The largest absolute Gasteiger partial charge is 0.372 e. The number of nitrogens with one attached hydrogen (secondary N) is 1. The molecule has 136 valence electrons. The molecule has 2 heterocycles. The Bertz CT molecular complexity index is 637. The molecular weight excluding hydrogens is 318 g/mol. The predicted octanol–water partition coefficient (Wildman–Crippen LogP) is 2.12. The van der Waals surface area contributed by atoms with Crippen molar-refractivity contribution in [3.8, 4) is 0 Å². The Hall–Kier alpha value is -2.08. The van der Waals surface area contributed by atoms with Gasteiger partial charge in [0.05, 0.1) is 13.2 Å². The highest BCUT2D eigenvalue weighted by molar-refractivity contribution is 5.76. The highest BCUT2D eigenvalue weighted by Crippen LogP contribution is 2.22. The zero-order chi connectivity index (χ0) is 17.8. The Morgan fingerprint density at radius 1 is 1.20 bits per heavy atom. The van der Waals surface area contributed by atoms with Crippen molar-refractivity contribution in [2.75, 3.05) is 27.2 Å². The SMILES string of the molecule is CN(C)C(=O)CC1CCN(C(=O)NCc2ccc3c(c2)COC3)CC1. The second kappa shape index (κ2) is 7.87. The summed E-state index contributed by atoms with van der Waals surface area (Å²) in [7, 11) is 3.58. The third-order valence-corrected chi connectivity index (χ3v) is 5.09. The number of rotatable bonds is 4. The van der Waals surface area contributed by atoms with Crippen LogP contribution in [0.5, 0.6) is 0 Å². The average molecular weight is 345 g/mol. The lowest BCUT2D eigenvalue weighted by atomic mass is 9.93. The average Bonchev–Trinajstić information content (AvgIpc) is 3.08. The molecule has 1 aromatic rings. The van der Waals surface area contributed by atoms with Gasteiger partial charge in [-0.15, -0.1) is 0 Å². The molecule has 6 nitrogen and oxygen atoms in total. The lowest BCUT2D eigenvalue weighted by Crippen LogP contribution is -2.44. The fraction of sp³-hybridized carbons (Fsp3) is 0.579. The van der Waals surface area contributed by atoms with Gasteiger partial charge in [0, 0.05) is 40.2 Å². The fourth-order valence-electron chi connectivity index (χ4n) is 3.39. The number of urea groups is 1. The van der Waals surface area contributed by atoms with Gasteiger partial charge < -0.3 is 19.9 Å². The smallest absolute Gasteiger partial charge is 0.317 e. The highest BCUT2D eigenvalue weighted by atomic mass is 16.5. The number of carbonyl (C=O) groups is 2. The molecule has 0 saturated carbocycles. The van der Waals surface area contributed by atoms with E-state index in [1.807, 2.05) is 11.0 Å². The van der Waals surface area contributed by atoms with E-state index in [4.69, 9.17) is 4.74 Å². The van der Waals surface area contributed by atoms with Crippen LogP contribution in [0.25, 0.3) is 0 Å². The van der Waals surface area contributed by atoms with Crippen molar-refractivity contribution in [2.45, 2.75) is 39.0 Å². The van der Waals surface area contributed by atoms with Crippen molar-refractivity contribution in [1.82, 2.24) is 15.1 Å². The number of ether oxygens (including phenoxy) is 1. The van der Waals surface area contributed by atoms with Crippen LogP contribution in [0.3, 0.4) is 0 Å². The molecule has 0 aromatic heterocycles. The third kappa shape index (κ3) is 4.51. The summed E-state index contributed by atoms with van der Waals surface area (Å²) in [5, 5.41) is 3.00. The summed E-state index contributed by atoms with van der Waals surface area (Å²) >= 11 is 0. The van der Waals surface area contributed by atoms with E-state index in [-0.39, 0.29) is 11.9 Å². The Labute approximate surface area is 149 Å². The van der Waals surface area contributed by atoms with Gasteiger partial charge in [0.15, 0.2) is 0 Å². The van der Waals surface area contributed by atoms with E-state index in [0.717, 1.165) is 31.5 Å². The molecule has 0 bridgehead atoms. The second-order valence-corrected chi connectivity index (χ2v) is 7.18. The van der Waals surface area contributed by atoms with Gasteiger partial charge in [-0.1, -0.05) is 18.2 Å². The predicted molar refractivity (Wildman–Crippen MR) is 94.8 cm³/mol. The van der Waals surface area contributed by atoms with Crippen molar-refractivity contribution in [3.05, 3.63) is 34.9 Å². The first-order chi connectivity index (χ1) is 12.0. The van der Waals surface area contributed by atoms with E-state index in [0.29, 0.717) is 32.1 Å². The van der Waals surface area contributed by atoms with Gasteiger partial charge >= 0.3 is 6.03 Å². The van der Waals surface area contributed by atoms with Gasteiger partial charge in [-0.2, -0.15) is 0 Å². The van der Waals surface area contributed by atoms with E-state index in [1.54, 1.807) is 19.0 Å². The van der Waals surface area contributed by atoms with Crippen molar-refractivity contribution in [1.29, 1.82) is 0 Å². The van der Waals surface area contributed by atoms with E-state index in [1.165, 1.54) is 11.1 Å². The van der Waals surface area contributed by atoms with E-state index in [2.05, 4.69) is 17.4 Å². The Kier molecular flexibility index (Phi) is 5.58. The fourth-order valence-corrected chi connectivity index (χ4v) is 3.39. The lowest BCUT2D eigenvalue weighted by Gasteiger charge is -2.32. The summed E-state index contributed by atoms with van der Waals surface area (Å²) in [5.74, 6) is 0.555. The number of likely N-dealkylation sites (tertiary alicyclic amines) is 1. The van der Waals surface area contributed by atoms with Crippen LogP contribution >= 0.6 is 0 Å². The molecule has 0 spiro atoms. The highest BCUT2D eigenvalue weighted by Gasteiger charge is 2.24. The minimum atomic E-state index is -0.0193. The first kappa shape index (κ1) is 17.7. The molecule has 25 heavy (non-hydrogen) atoms. The summed E-state index contributed by atoms with van der Waals surface area (Å²) in [6, 6.07) is 6.22. The standard InChI is InChI=1S/C19H27N3O3/c1-21(2)18(23)10-14-5-7-22(8-6-14)19(24)20-11-15-3-4-16-12-25-13-17(16)9-15/h3-4,9,14H,5-8,10-13H2,1-2H3,(H,20,24). The molecule has 1 aromatic carbocycles. The van der Waals surface area contributed by atoms with Gasteiger partial charge in [0.2, 0.25) is 5.91 Å². The Balaban J connectivity index is 1.43. The minimum absolute atomic E-state index is 0.0193. The zero-order valence-electron chi connectivity index (χ0n) is 15.1. The van der Waals surface area contributed by atoms with Crippen LogP contribution in [0.15, 0.2) is 18.2 Å². The second-order valence-electron chi connectivity index (χ2n) is 7.18. The topological polar surface area (TPSA) is 61.9 Å². The van der Waals surface area contributed by atoms with Gasteiger partial charge in [-0.3, -0.25) is 4.79 Å². The molecule has 0 unspecified atom stereocenters. The number of hydrogen-bond acceptors (Lipinski definition) is 3. The molecule has 3 amide bonds. The number of benzene rings is 1. The number of nitrogens with zero attached hydrogens (tertiary/aromatic N) is 2. The van der Waals surface area contributed by atoms with E-state index in [9.17, 15) is 9.59 Å². The molecule has 1 saturated heterocycles. The molecule has 1 N–H and O–H groups in total. The summed E-state index contributed by atoms with van der Waals surface area (Å²) in [4.78, 5) is 27.6. The number of carbonyl (C=O) groups excluding carboxylic acids is 2. The van der Waals surface area contributed by atoms with Crippen LogP contribution in [-0.4, -0.2) is 48.9 Å². The maximum absolute atomic E-state index is 12.4. The van der Waals surface area contributed by atoms with Crippen LogP contribution in [0.2, 0.25) is 0 Å². The molecule has 3 rings (SSSR count). The van der Waals surface area contributed by atoms with Gasteiger partial charge in [-0.05, 0) is 35.4 Å². The normalized spacial score (nSPS) is 17.3. The monoisotopic (exact) mass is 345 g/mol. The lowest BCUT2D eigenvalue weighted by molar-refractivity contribution is -0.129. The Morgan fingerprint density at radius 3 is 2.64 bits per heavy atom. The molecule has 1 fully saturated rings. The number of fused-ring (bicyclic) bond motifs is 1. The summed E-state index contributed by atoms with van der Waals surface area (Å²) in [6.45, 7) is 3.32. The minimum Gasteiger partial charge on any atom is -0.372 e. The first-order valence-electron chi connectivity index (χ1n) is 8.94. The molecule has 0 atom stereocenters. The number of piperidine rings is 1. The molecule has 0 aliphatic carbocycles. The third-order valence-electron chi connectivity index (χ3n) is 5.09. The maximum atomic E-state index is 12.4. The summed E-state index contributed by atoms with van der Waals surface area (Å²) < 4.78 is 5.42. The Morgan fingerprint density at radius 2 is 1.92 bits per heavy atom. The van der Waals surface area contributed by atoms with Gasteiger partial charge in [-0.25, -0.2) is 4.79 Å². The molecular formula is C19H27N3O3.